The fourth-order valence-electron chi connectivity index (χ4n) is 3.62. The molecule has 1 aliphatic heterocycles. The fourth-order valence-corrected chi connectivity index (χ4v) is 3.62. The first kappa shape index (κ1) is 23.2. The molecule has 170 valence electrons. The molecule has 1 aliphatic rings. The molecule has 3 rings (SSSR count). The Kier molecular flexibility index (Phi) is 8.00. The van der Waals surface area contributed by atoms with Crippen molar-refractivity contribution in [2.24, 2.45) is 12.0 Å². The highest BCUT2D eigenvalue weighted by atomic mass is 19.1. The molecule has 0 aliphatic carbocycles. The average molecular weight is 433 g/mol. The summed E-state index contributed by atoms with van der Waals surface area (Å²) in [6.45, 7) is 8.01. The lowest BCUT2D eigenvalue weighted by Crippen LogP contribution is -2.46. The predicted octanol–water partition coefficient (Wildman–Crippen LogP) is 1.40. The number of aliphatic hydroxyl groups is 1. The molecule has 9 heteroatoms. The molecule has 8 nitrogen and oxygen atoms in total. The van der Waals surface area contributed by atoms with Gasteiger partial charge in [-0.3, -0.25) is 9.58 Å². The number of hydrogen-bond donors (Lipinski definition) is 3. The van der Waals surface area contributed by atoms with Crippen molar-refractivity contribution in [3.05, 3.63) is 53.6 Å². The van der Waals surface area contributed by atoms with Crippen LogP contribution in [0.1, 0.15) is 31.0 Å². The number of rotatable bonds is 8. The Morgan fingerprint density at radius 1 is 1.35 bits per heavy atom. The number of ether oxygens (including phenoxy) is 1. The molecule has 1 saturated heterocycles. The Morgan fingerprint density at radius 3 is 2.77 bits per heavy atom. The average Bonchev–Trinajstić information content (AvgIpc) is 3.20. The lowest BCUT2D eigenvalue weighted by molar-refractivity contribution is 0.0169. The number of aliphatic imine (C=N–C) groups is 1. The number of aryl methyl sites for hydroxylation is 1. The zero-order valence-electron chi connectivity index (χ0n) is 18.5. The van der Waals surface area contributed by atoms with E-state index in [0.717, 1.165) is 18.7 Å². The zero-order valence-corrected chi connectivity index (χ0v) is 18.5. The van der Waals surface area contributed by atoms with Gasteiger partial charge in [0.15, 0.2) is 5.96 Å². The van der Waals surface area contributed by atoms with Gasteiger partial charge in [0, 0.05) is 45.0 Å². The summed E-state index contributed by atoms with van der Waals surface area (Å²) in [6.07, 6.45) is 3.43. The molecule has 2 unspecified atom stereocenters. The van der Waals surface area contributed by atoms with E-state index in [1.165, 1.54) is 6.07 Å². The minimum Gasteiger partial charge on any atom is -0.383 e. The smallest absolute Gasteiger partial charge is 0.191 e. The summed E-state index contributed by atoms with van der Waals surface area (Å²) in [5.74, 6) is 0.352. The molecule has 0 amide bonds. The number of aromatic nitrogens is 2. The third-order valence-corrected chi connectivity index (χ3v) is 5.40. The normalized spacial score (nSPS) is 18.4. The van der Waals surface area contributed by atoms with E-state index in [0.29, 0.717) is 37.8 Å². The lowest BCUT2D eigenvalue weighted by atomic mass is 10.0. The molecule has 3 N–H and O–H groups in total. The molecule has 2 aromatic rings. The van der Waals surface area contributed by atoms with Gasteiger partial charge in [0.25, 0.3) is 0 Å². The van der Waals surface area contributed by atoms with Crippen LogP contribution in [0.2, 0.25) is 0 Å². The largest absolute Gasteiger partial charge is 0.383 e. The molecular formula is C22H33FN6O2. The van der Waals surface area contributed by atoms with Crippen LogP contribution in [0, 0.1) is 5.82 Å². The quantitative estimate of drug-likeness (QED) is 0.432. The van der Waals surface area contributed by atoms with Gasteiger partial charge in [-0.05, 0) is 31.5 Å². The summed E-state index contributed by atoms with van der Waals surface area (Å²) >= 11 is 0. The van der Waals surface area contributed by atoms with Crippen LogP contribution in [-0.2, 0) is 17.4 Å². The van der Waals surface area contributed by atoms with Crippen LogP contribution in [-0.4, -0.2) is 71.7 Å². The first-order valence-corrected chi connectivity index (χ1v) is 10.7. The fraction of sp³-hybridized carbons (Fsp3) is 0.545. The maximum Gasteiger partial charge on any atom is 0.191 e. The van der Waals surface area contributed by atoms with Crippen LogP contribution in [0.5, 0.6) is 0 Å². The van der Waals surface area contributed by atoms with Gasteiger partial charge in [-0.15, -0.1) is 0 Å². The van der Waals surface area contributed by atoms with Crippen molar-refractivity contribution in [2.45, 2.75) is 25.5 Å². The zero-order chi connectivity index (χ0) is 22.3. The first-order chi connectivity index (χ1) is 14.9. The third kappa shape index (κ3) is 6.49. The highest BCUT2D eigenvalue weighted by Gasteiger charge is 2.26. The second kappa shape index (κ2) is 10.7. The molecule has 0 radical (unpaired) electrons. The molecule has 2 atom stereocenters. The summed E-state index contributed by atoms with van der Waals surface area (Å²) < 4.78 is 21.0. The summed E-state index contributed by atoms with van der Waals surface area (Å²) in [5, 5.41) is 21.5. The maximum absolute atomic E-state index is 13.9. The summed E-state index contributed by atoms with van der Waals surface area (Å²) in [4.78, 5) is 6.88. The molecule has 0 saturated carbocycles. The van der Waals surface area contributed by atoms with Crippen LogP contribution < -0.4 is 10.6 Å². The number of nitrogens with one attached hydrogen (secondary N) is 2. The molecular weight excluding hydrogens is 399 g/mol. The Balaban J connectivity index is 1.72. The Labute approximate surface area is 183 Å². The van der Waals surface area contributed by atoms with Gasteiger partial charge in [-0.25, -0.2) is 9.38 Å². The molecule has 1 aromatic carbocycles. The molecule has 0 bridgehead atoms. The van der Waals surface area contributed by atoms with E-state index in [2.05, 4.69) is 25.6 Å². The van der Waals surface area contributed by atoms with E-state index in [9.17, 15) is 9.50 Å². The van der Waals surface area contributed by atoms with Gasteiger partial charge in [0.2, 0.25) is 0 Å². The number of hydrogen-bond acceptors (Lipinski definition) is 5. The lowest BCUT2D eigenvalue weighted by Gasteiger charge is -2.35. The molecule has 2 heterocycles. The summed E-state index contributed by atoms with van der Waals surface area (Å²) in [6, 6.07) is 6.70. The minimum atomic E-state index is -1.14. The van der Waals surface area contributed by atoms with Crippen LogP contribution in [0.15, 0.2) is 41.7 Å². The molecule has 1 fully saturated rings. The van der Waals surface area contributed by atoms with E-state index in [1.807, 2.05) is 20.0 Å². The van der Waals surface area contributed by atoms with Gasteiger partial charge in [0.1, 0.15) is 11.4 Å². The highest BCUT2D eigenvalue weighted by Crippen LogP contribution is 2.22. The van der Waals surface area contributed by atoms with E-state index in [1.54, 1.807) is 36.1 Å². The molecule has 0 spiro atoms. The molecule has 31 heavy (non-hydrogen) atoms. The SMILES string of the molecule is CCNC(=NCC(C)(O)c1cnn(C)c1)NCC(c1cccc(F)c1)N1CCOCC1. The van der Waals surface area contributed by atoms with Gasteiger partial charge in [-0.2, -0.15) is 5.10 Å². The van der Waals surface area contributed by atoms with Crippen molar-refractivity contribution >= 4 is 5.96 Å². The third-order valence-electron chi connectivity index (χ3n) is 5.40. The van der Waals surface area contributed by atoms with Crippen LogP contribution in [0.25, 0.3) is 0 Å². The summed E-state index contributed by atoms with van der Waals surface area (Å²) in [5.41, 5.74) is 0.483. The number of halogens is 1. The summed E-state index contributed by atoms with van der Waals surface area (Å²) in [7, 11) is 1.81. The van der Waals surface area contributed by atoms with Gasteiger partial charge < -0.3 is 20.5 Å². The van der Waals surface area contributed by atoms with E-state index in [4.69, 9.17) is 4.74 Å². The van der Waals surface area contributed by atoms with Gasteiger partial charge in [-0.1, -0.05) is 12.1 Å². The minimum absolute atomic E-state index is 0.0257. The predicted molar refractivity (Wildman–Crippen MR) is 118 cm³/mol. The van der Waals surface area contributed by atoms with Crippen LogP contribution >= 0.6 is 0 Å². The van der Waals surface area contributed by atoms with Crippen molar-refractivity contribution in [1.82, 2.24) is 25.3 Å². The van der Waals surface area contributed by atoms with Crippen molar-refractivity contribution in [1.29, 1.82) is 0 Å². The van der Waals surface area contributed by atoms with Crippen molar-refractivity contribution < 1.29 is 14.2 Å². The topological polar surface area (TPSA) is 86.9 Å². The molecule has 1 aromatic heterocycles. The Hall–Kier alpha value is -2.49. The Morgan fingerprint density at radius 2 is 2.13 bits per heavy atom. The van der Waals surface area contributed by atoms with Crippen LogP contribution in [0.4, 0.5) is 4.39 Å². The van der Waals surface area contributed by atoms with E-state index >= 15 is 0 Å². The number of nitrogens with zero attached hydrogens (tertiary/aromatic N) is 4. The first-order valence-electron chi connectivity index (χ1n) is 10.7. The number of morpholine rings is 1. The highest BCUT2D eigenvalue weighted by molar-refractivity contribution is 5.79. The van der Waals surface area contributed by atoms with Crippen molar-refractivity contribution in [2.75, 3.05) is 45.9 Å². The van der Waals surface area contributed by atoms with Gasteiger partial charge >= 0.3 is 0 Å². The Bertz CT molecular complexity index is 863. The van der Waals surface area contributed by atoms with E-state index in [-0.39, 0.29) is 18.4 Å². The standard InChI is InChI=1S/C22H33FN6O2/c1-4-24-21(26-16-22(2,30)18-13-27-28(3)15-18)25-14-20(29-8-10-31-11-9-29)17-6-5-7-19(23)12-17/h5-7,12-13,15,20,30H,4,8-11,14,16H2,1-3H3,(H2,24,25,26). The number of guanidine groups is 1. The van der Waals surface area contributed by atoms with Crippen molar-refractivity contribution in [3.8, 4) is 0 Å². The van der Waals surface area contributed by atoms with Crippen molar-refractivity contribution in [3.63, 3.8) is 0 Å². The number of benzene rings is 1. The van der Waals surface area contributed by atoms with Crippen LogP contribution in [0.3, 0.4) is 0 Å². The second-order valence-electron chi connectivity index (χ2n) is 7.97. The van der Waals surface area contributed by atoms with E-state index < -0.39 is 5.60 Å². The maximum atomic E-state index is 13.9. The van der Waals surface area contributed by atoms with Gasteiger partial charge in [0.05, 0.1) is 32.0 Å². The monoisotopic (exact) mass is 432 g/mol. The second-order valence-corrected chi connectivity index (χ2v) is 7.97.